The Kier molecular flexibility index (Phi) is 5.79. The van der Waals surface area contributed by atoms with Crippen molar-refractivity contribution in [2.75, 3.05) is 6.61 Å². The highest BCUT2D eigenvalue weighted by molar-refractivity contribution is 5.95. The van der Waals surface area contributed by atoms with E-state index >= 15 is 0 Å². The van der Waals surface area contributed by atoms with Crippen molar-refractivity contribution in [3.8, 4) is 0 Å². The molecule has 1 rings (SSSR count). The Balaban J connectivity index is 2.57. The summed E-state index contributed by atoms with van der Waals surface area (Å²) in [5.74, 6) is -1.08. The first-order chi connectivity index (χ1) is 9.43. The fraction of sp³-hybridized carbons (Fsp3) is 0.385. The van der Waals surface area contributed by atoms with Gasteiger partial charge in [-0.25, -0.2) is 0 Å². The number of ketones is 1. The average molecular weight is 281 g/mol. The van der Waals surface area contributed by atoms with E-state index in [0.29, 0.717) is 5.56 Å². The summed E-state index contributed by atoms with van der Waals surface area (Å²) >= 11 is 0. The zero-order valence-corrected chi connectivity index (χ0v) is 10.9. The van der Waals surface area contributed by atoms with E-state index in [2.05, 4.69) is 4.74 Å². The van der Waals surface area contributed by atoms with Crippen LogP contribution in [0.5, 0.6) is 0 Å². The second kappa shape index (κ2) is 7.34. The largest absolute Gasteiger partial charge is 0.466 e. The highest BCUT2D eigenvalue weighted by atomic mass is 16.6. The Bertz CT molecular complexity index is 496. The maximum Gasteiger partial charge on any atom is 0.313 e. The number of rotatable bonds is 7. The summed E-state index contributed by atoms with van der Waals surface area (Å²) < 4.78 is 4.63. The van der Waals surface area contributed by atoms with Crippen molar-refractivity contribution in [2.45, 2.75) is 25.9 Å². The monoisotopic (exact) mass is 281 g/mol. The quantitative estimate of drug-likeness (QED) is 0.351. The van der Waals surface area contributed by atoms with E-state index < -0.39 is 29.2 Å². The van der Waals surface area contributed by atoms with E-state index in [1.54, 1.807) is 6.92 Å². The number of Topliss-reactive ketones (excluding diaryl/α,β-unsaturated/α-hetero) is 1. The van der Waals surface area contributed by atoms with Gasteiger partial charge in [-0.3, -0.25) is 19.7 Å². The number of non-ortho nitro benzene ring substituents is 1. The lowest BCUT2D eigenvalue weighted by atomic mass is 10.0. The topological polar surface area (TPSA) is 107 Å². The number of ether oxygens (including phenoxy) is 1. The number of carbonyl (C=O) groups is 2. The molecule has 7 nitrogen and oxygen atoms in total. The molecule has 1 unspecified atom stereocenters. The van der Waals surface area contributed by atoms with Gasteiger partial charge in [0, 0.05) is 18.6 Å². The molecular formula is C13H15NO6. The minimum absolute atomic E-state index is 0.0983. The number of esters is 1. The molecule has 1 aromatic rings. The van der Waals surface area contributed by atoms with Crippen LogP contribution in [-0.2, 0) is 14.3 Å². The van der Waals surface area contributed by atoms with Crippen molar-refractivity contribution >= 4 is 17.4 Å². The van der Waals surface area contributed by atoms with Crippen LogP contribution in [0.25, 0.3) is 0 Å². The minimum Gasteiger partial charge on any atom is -0.466 e. The lowest BCUT2D eigenvalue weighted by Crippen LogP contribution is -2.14. The number of aliphatic hydroxyl groups is 1. The summed E-state index contributed by atoms with van der Waals surface area (Å²) in [5, 5.41) is 20.3. The maximum atomic E-state index is 11.5. The lowest BCUT2D eigenvalue weighted by molar-refractivity contribution is -0.384. The molecule has 0 aromatic heterocycles. The third-order valence-corrected chi connectivity index (χ3v) is 2.56. The molecule has 0 heterocycles. The van der Waals surface area contributed by atoms with E-state index in [1.807, 2.05) is 0 Å². The Morgan fingerprint density at radius 3 is 2.45 bits per heavy atom. The van der Waals surface area contributed by atoms with Gasteiger partial charge in [0.1, 0.15) is 12.2 Å². The Morgan fingerprint density at radius 2 is 1.95 bits per heavy atom. The Hall–Kier alpha value is -2.28. The van der Waals surface area contributed by atoms with Crippen LogP contribution in [0, 0.1) is 10.1 Å². The van der Waals surface area contributed by atoms with Crippen molar-refractivity contribution < 1.29 is 24.4 Å². The molecule has 1 aromatic carbocycles. The maximum absolute atomic E-state index is 11.5. The molecule has 0 saturated carbocycles. The smallest absolute Gasteiger partial charge is 0.313 e. The summed E-state index contributed by atoms with van der Waals surface area (Å²) in [6.07, 6.45) is -1.73. The molecule has 0 aliphatic rings. The molecule has 0 radical (unpaired) electrons. The molecule has 1 N–H and O–H groups in total. The highest BCUT2D eigenvalue weighted by Crippen LogP contribution is 2.20. The van der Waals surface area contributed by atoms with Crippen LogP contribution in [0.2, 0.25) is 0 Å². The first-order valence-electron chi connectivity index (χ1n) is 6.03. The average Bonchev–Trinajstić information content (AvgIpc) is 2.38. The van der Waals surface area contributed by atoms with Gasteiger partial charge in [0.25, 0.3) is 5.69 Å². The van der Waals surface area contributed by atoms with Crippen LogP contribution >= 0.6 is 0 Å². The Morgan fingerprint density at radius 1 is 1.35 bits per heavy atom. The molecule has 0 bridgehead atoms. The predicted molar refractivity (Wildman–Crippen MR) is 68.9 cm³/mol. The summed E-state index contributed by atoms with van der Waals surface area (Å²) in [6, 6.07) is 5.24. The molecule has 0 amide bonds. The van der Waals surface area contributed by atoms with Gasteiger partial charge in [-0.05, 0) is 24.6 Å². The normalized spacial score (nSPS) is 11.7. The molecule has 0 fully saturated rings. The van der Waals surface area contributed by atoms with Crippen LogP contribution in [0.1, 0.15) is 31.4 Å². The number of hydrogen-bond donors (Lipinski definition) is 1. The number of nitro groups is 1. The summed E-state index contributed by atoms with van der Waals surface area (Å²) in [5.41, 5.74) is 0.284. The highest BCUT2D eigenvalue weighted by Gasteiger charge is 2.17. The molecule has 0 aliphatic carbocycles. The van der Waals surface area contributed by atoms with Gasteiger partial charge < -0.3 is 9.84 Å². The number of nitrogens with zero attached hydrogens (tertiary/aromatic N) is 1. The zero-order valence-electron chi connectivity index (χ0n) is 10.9. The van der Waals surface area contributed by atoms with E-state index in [9.17, 15) is 24.8 Å². The van der Waals surface area contributed by atoms with Crippen LogP contribution in [0.4, 0.5) is 5.69 Å². The lowest BCUT2D eigenvalue weighted by Gasteiger charge is -2.09. The van der Waals surface area contributed by atoms with Crippen LogP contribution in [-0.4, -0.2) is 28.4 Å². The molecule has 20 heavy (non-hydrogen) atoms. The number of carbonyl (C=O) groups excluding carboxylic acids is 2. The first-order valence-corrected chi connectivity index (χ1v) is 6.03. The van der Waals surface area contributed by atoms with Gasteiger partial charge in [-0.1, -0.05) is 0 Å². The number of aliphatic hydroxyl groups excluding tert-OH is 1. The van der Waals surface area contributed by atoms with Gasteiger partial charge in [0.2, 0.25) is 0 Å². The molecular weight excluding hydrogens is 266 g/mol. The Labute approximate surface area is 115 Å². The van der Waals surface area contributed by atoms with Gasteiger partial charge in [-0.2, -0.15) is 0 Å². The molecule has 0 spiro atoms. The molecule has 1 atom stereocenters. The summed E-state index contributed by atoms with van der Waals surface area (Å²) in [7, 11) is 0. The molecule has 0 aliphatic heterocycles. The fourth-order valence-electron chi connectivity index (χ4n) is 1.60. The van der Waals surface area contributed by atoms with E-state index in [-0.39, 0.29) is 18.7 Å². The first kappa shape index (κ1) is 15.8. The van der Waals surface area contributed by atoms with Gasteiger partial charge in [0.15, 0.2) is 0 Å². The molecule has 0 saturated heterocycles. The predicted octanol–water partition coefficient (Wildman–Crippen LogP) is 1.54. The zero-order chi connectivity index (χ0) is 15.1. The van der Waals surface area contributed by atoms with E-state index in [0.717, 1.165) is 0 Å². The second-order valence-electron chi connectivity index (χ2n) is 4.09. The molecule has 7 heteroatoms. The SMILES string of the molecule is CCOC(=O)CC(=O)CC(O)c1ccc([N+](=O)[O-])cc1. The van der Waals surface area contributed by atoms with Crippen LogP contribution < -0.4 is 0 Å². The van der Waals surface area contributed by atoms with Crippen molar-refractivity contribution in [3.63, 3.8) is 0 Å². The van der Waals surface area contributed by atoms with Gasteiger partial charge in [0.05, 0.1) is 17.6 Å². The van der Waals surface area contributed by atoms with Crippen LogP contribution in [0.3, 0.4) is 0 Å². The molecule has 108 valence electrons. The minimum atomic E-state index is -1.10. The van der Waals surface area contributed by atoms with Crippen LogP contribution in [0.15, 0.2) is 24.3 Å². The van der Waals surface area contributed by atoms with Crippen molar-refractivity contribution in [3.05, 3.63) is 39.9 Å². The summed E-state index contributed by atoms with van der Waals surface area (Å²) in [6.45, 7) is 1.82. The third-order valence-electron chi connectivity index (χ3n) is 2.56. The number of hydrogen-bond acceptors (Lipinski definition) is 6. The van der Waals surface area contributed by atoms with Crippen molar-refractivity contribution in [2.24, 2.45) is 0 Å². The van der Waals surface area contributed by atoms with Crippen molar-refractivity contribution in [1.82, 2.24) is 0 Å². The van der Waals surface area contributed by atoms with Gasteiger partial charge in [-0.15, -0.1) is 0 Å². The third kappa shape index (κ3) is 4.77. The number of benzene rings is 1. The number of nitro benzene ring substituents is 1. The van der Waals surface area contributed by atoms with E-state index in [1.165, 1.54) is 24.3 Å². The standard InChI is InChI=1S/C13H15NO6/c1-2-20-13(17)8-11(15)7-12(16)9-3-5-10(6-4-9)14(18)19/h3-6,12,16H,2,7-8H2,1H3. The van der Waals surface area contributed by atoms with E-state index in [4.69, 9.17) is 0 Å². The second-order valence-corrected chi connectivity index (χ2v) is 4.09. The fourth-order valence-corrected chi connectivity index (χ4v) is 1.60. The summed E-state index contributed by atoms with van der Waals surface area (Å²) in [4.78, 5) is 32.5. The van der Waals surface area contributed by atoms with Gasteiger partial charge >= 0.3 is 5.97 Å². The van der Waals surface area contributed by atoms with Crippen molar-refractivity contribution in [1.29, 1.82) is 0 Å².